The van der Waals surface area contributed by atoms with E-state index in [1.165, 1.54) is 98.0 Å². The lowest BCUT2D eigenvalue weighted by Gasteiger charge is -2.14. The maximum atomic E-state index is 2.43. The zero-order valence-corrected chi connectivity index (χ0v) is 32.8. The zero-order chi connectivity index (χ0) is 38.6. The molecule has 58 heavy (non-hydrogen) atoms. The minimum atomic E-state index is 1.15. The molecule has 0 N–H and O–H groups in total. The van der Waals surface area contributed by atoms with Crippen LogP contribution in [0.25, 0.3) is 88.4 Å². The lowest BCUT2D eigenvalue weighted by molar-refractivity contribution is 1.17. The van der Waals surface area contributed by atoms with Crippen LogP contribution in [0.1, 0.15) is 5.56 Å². The normalized spacial score (nSPS) is 11.6. The molecular formula is C55H38N2S. The quantitative estimate of drug-likeness (QED) is 0.157. The number of hydrogen-bond donors (Lipinski definition) is 0. The molecule has 0 saturated carbocycles. The number of hydrogen-bond acceptors (Lipinski definition) is 1. The van der Waals surface area contributed by atoms with Gasteiger partial charge < -0.3 is 9.13 Å². The molecule has 0 spiro atoms. The first kappa shape index (κ1) is 34.2. The number of para-hydroxylation sites is 3. The molecule has 0 radical (unpaired) electrons. The van der Waals surface area contributed by atoms with Crippen LogP contribution in [-0.2, 0) is 0 Å². The molecule has 0 aliphatic rings. The van der Waals surface area contributed by atoms with Gasteiger partial charge in [0.25, 0.3) is 0 Å². The fourth-order valence-electron chi connectivity index (χ4n) is 8.77. The van der Waals surface area contributed by atoms with Gasteiger partial charge in [0, 0.05) is 42.7 Å². The van der Waals surface area contributed by atoms with E-state index < -0.39 is 0 Å². The van der Waals surface area contributed by atoms with Crippen LogP contribution in [0.4, 0.5) is 0 Å². The van der Waals surface area contributed by atoms with Crippen molar-refractivity contribution in [2.75, 3.05) is 0 Å². The predicted molar refractivity (Wildman–Crippen MR) is 247 cm³/mol. The maximum Gasteiger partial charge on any atom is 0.0548 e. The average Bonchev–Trinajstić information content (AvgIpc) is 3.79. The highest BCUT2D eigenvalue weighted by Crippen LogP contribution is 2.41. The first-order valence-electron chi connectivity index (χ1n) is 19.8. The summed E-state index contributed by atoms with van der Waals surface area (Å²) in [7, 11) is 0. The largest absolute Gasteiger partial charge is 0.309 e. The minimum Gasteiger partial charge on any atom is -0.309 e. The summed E-state index contributed by atoms with van der Waals surface area (Å²) in [5.74, 6) is 0. The summed E-state index contributed by atoms with van der Waals surface area (Å²) in [4.78, 5) is 2.47. The van der Waals surface area contributed by atoms with E-state index in [4.69, 9.17) is 0 Å². The molecular weight excluding hydrogens is 721 g/mol. The highest BCUT2D eigenvalue weighted by Gasteiger charge is 2.18. The Morgan fingerprint density at radius 3 is 1.41 bits per heavy atom. The van der Waals surface area contributed by atoms with Crippen LogP contribution in [0.3, 0.4) is 0 Å². The van der Waals surface area contributed by atoms with Gasteiger partial charge in [-0.15, -0.1) is 0 Å². The van der Waals surface area contributed by atoms with Gasteiger partial charge in [0.05, 0.1) is 22.1 Å². The molecule has 0 saturated heterocycles. The molecule has 0 fully saturated rings. The first-order valence-corrected chi connectivity index (χ1v) is 20.7. The Balaban J connectivity index is 0.942. The molecule has 0 aliphatic heterocycles. The second-order valence-electron chi connectivity index (χ2n) is 15.0. The number of nitrogens with zero attached hydrogens (tertiary/aromatic N) is 2. The minimum absolute atomic E-state index is 1.15. The lowest BCUT2D eigenvalue weighted by Crippen LogP contribution is -1.94. The van der Waals surface area contributed by atoms with E-state index in [1.807, 2.05) is 11.8 Å². The fourth-order valence-corrected chi connectivity index (χ4v) is 9.70. The summed E-state index contributed by atoms with van der Waals surface area (Å²) < 4.78 is 4.84. The van der Waals surface area contributed by atoms with Crippen LogP contribution in [-0.4, -0.2) is 9.13 Å². The zero-order valence-electron chi connectivity index (χ0n) is 32.0. The van der Waals surface area contributed by atoms with Gasteiger partial charge in [-0.25, -0.2) is 0 Å². The van der Waals surface area contributed by atoms with Crippen LogP contribution in [0.15, 0.2) is 222 Å². The fraction of sp³-hybridized carbons (Fsp3) is 0.0182. The second kappa shape index (κ2) is 14.1. The molecule has 11 rings (SSSR count). The van der Waals surface area contributed by atoms with Crippen LogP contribution in [0, 0.1) is 6.92 Å². The Morgan fingerprint density at radius 2 is 0.793 bits per heavy atom. The van der Waals surface area contributed by atoms with E-state index in [0.717, 1.165) is 5.69 Å². The molecule has 0 unspecified atom stereocenters. The van der Waals surface area contributed by atoms with Crippen molar-refractivity contribution in [2.45, 2.75) is 16.7 Å². The summed E-state index contributed by atoms with van der Waals surface area (Å²) in [6.45, 7) is 2.25. The molecule has 11 aromatic rings. The summed E-state index contributed by atoms with van der Waals surface area (Å²) in [6.07, 6.45) is 0. The van der Waals surface area contributed by atoms with Crippen LogP contribution >= 0.6 is 11.8 Å². The van der Waals surface area contributed by atoms with E-state index in [0.29, 0.717) is 0 Å². The summed E-state index contributed by atoms with van der Waals surface area (Å²) in [5.41, 5.74) is 15.8. The average molecular weight is 759 g/mol. The van der Waals surface area contributed by atoms with Gasteiger partial charge >= 0.3 is 0 Å². The third kappa shape index (κ3) is 5.82. The Bertz CT molecular complexity index is 3300. The van der Waals surface area contributed by atoms with Crippen LogP contribution < -0.4 is 0 Å². The third-order valence-electron chi connectivity index (χ3n) is 11.6. The monoisotopic (exact) mass is 758 g/mol. The van der Waals surface area contributed by atoms with E-state index in [1.54, 1.807) is 0 Å². The van der Waals surface area contributed by atoms with Crippen molar-refractivity contribution in [3.05, 3.63) is 218 Å². The van der Waals surface area contributed by atoms with Gasteiger partial charge in [0.1, 0.15) is 0 Å². The molecule has 2 heterocycles. The Morgan fingerprint density at radius 1 is 0.328 bits per heavy atom. The van der Waals surface area contributed by atoms with Crippen molar-refractivity contribution in [2.24, 2.45) is 0 Å². The van der Waals surface area contributed by atoms with Gasteiger partial charge in [-0.2, -0.15) is 0 Å². The highest BCUT2D eigenvalue weighted by atomic mass is 32.2. The van der Waals surface area contributed by atoms with Crippen LogP contribution in [0.2, 0.25) is 0 Å². The lowest BCUT2D eigenvalue weighted by atomic mass is 9.95. The van der Waals surface area contributed by atoms with E-state index in [-0.39, 0.29) is 0 Å². The summed E-state index contributed by atoms with van der Waals surface area (Å²) in [6, 6.07) is 77.2. The van der Waals surface area contributed by atoms with Crippen molar-refractivity contribution < 1.29 is 0 Å². The molecule has 3 heteroatoms. The van der Waals surface area contributed by atoms with Gasteiger partial charge in [-0.3, -0.25) is 0 Å². The smallest absolute Gasteiger partial charge is 0.0548 e. The number of aromatic nitrogens is 2. The van der Waals surface area contributed by atoms with Gasteiger partial charge in [0.15, 0.2) is 0 Å². The Hall–Kier alpha value is -7.07. The van der Waals surface area contributed by atoms with E-state index >= 15 is 0 Å². The van der Waals surface area contributed by atoms with Gasteiger partial charge in [-0.1, -0.05) is 145 Å². The predicted octanol–water partition coefficient (Wildman–Crippen LogP) is 15.3. The molecule has 0 atom stereocenters. The molecule has 0 aliphatic carbocycles. The molecule has 2 aromatic heterocycles. The maximum absolute atomic E-state index is 2.43. The Kier molecular flexibility index (Phi) is 8.34. The number of fused-ring (bicyclic) bond motifs is 6. The molecule has 9 aromatic carbocycles. The highest BCUT2D eigenvalue weighted by molar-refractivity contribution is 7.99. The van der Waals surface area contributed by atoms with E-state index in [2.05, 4.69) is 228 Å². The van der Waals surface area contributed by atoms with Crippen LogP contribution in [0.5, 0.6) is 0 Å². The standard InChI is InChI=1S/C55H38N2S/c1-37-46(42-20-13-19-41(34-42)40-18-12-17-39(33-40)38-15-4-2-5-16-38)25-14-28-55(37)58-45-31-29-44(30-32-45)57-52-27-11-9-24-48(52)50-35-53-49(36-54(50)57)47-23-8-10-26-51(47)56(53)43-21-6-3-7-22-43/h2-36H,1H3. The topological polar surface area (TPSA) is 9.86 Å². The SMILES string of the molecule is Cc1c(Sc2ccc(-n3c4ccccc4c4cc5c(cc43)c3ccccc3n5-c3ccccc3)cc2)cccc1-c1cccc(-c2cccc(-c3ccccc3)c2)c1. The molecule has 0 bridgehead atoms. The molecule has 274 valence electrons. The summed E-state index contributed by atoms with van der Waals surface area (Å²) >= 11 is 1.83. The Labute approximate surface area is 342 Å². The molecule has 0 amide bonds. The van der Waals surface area contributed by atoms with Crippen molar-refractivity contribution in [1.82, 2.24) is 9.13 Å². The van der Waals surface area contributed by atoms with Crippen molar-refractivity contribution in [3.8, 4) is 44.8 Å². The number of rotatable bonds is 7. The van der Waals surface area contributed by atoms with Gasteiger partial charge in [-0.05, 0) is 125 Å². The number of benzene rings is 9. The second-order valence-corrected chi connectivity index (χ2v) is 16.1. The van der Waals surface area contributed by atoms with E-state index in [9.17, 15) is 0 Å². The van der Waals surface area contributed by atoms with Gasteiger partial charge in [0.2, 0.25) is 0 Å². The van der Waals surface area contributed by atoms with Crippen molar-refractivity contribution >= 4 is 55.4 Å². The summed E-state index contributed by atoms with van der Waals surface area (Å²) in [5, 5.41) is 5.02. The first-order chi connectivity index (χ1) is 28.7. The van der Waals surface area contributed by atoms with Crippen molar-refractivity contribution in [3.63, 3.8) is 0 Å². The third-order valence-corrected chi connectivity index (χ3v) is 12.7. The molecule has 2 nitrogen and oxygen atoms in total. The van der Waals surface area contributed by atoms with Crippen molar-refractivity contribution in [1.29, 1.82) is 0 Å².